The molecule has 0 bridgehead atoms. The molecule has 0 heterocycles. The highest BCUT2D eigenvalue weighted by atomic mass is 35.5. The SMILES string of the molecule is COC(=O)/C=C(\Nc1ccccc1)C(F)(F)C(F)(F)C(F)(F)Cl. The zero-order valence-corrected chi connectivity index (χ0v) is 12.2. The van der Waals surface area contributed by atoms with Gasteiger partial charge in [0.25, 0.3) is 0 Å². The Morgan fingerprint density at radius 2 is 1.65 bits per heavy atom. The largest absolute Gasteiger partial charge is 0.466 e. The number of para-hydroxylation sites is 1. The second-order valence-electron chi connectivity index (χ2n) is 4.22. The summed E-state index contributed by atoms with van der Waals surface area (Å²) in [7, 11) is 0.797. The van der Waals surface area contributed by atoms with Gasteiger partial charge in [0.15, 0.2) is 0 Å². The summed E-state index contributed by atoms with van der Waals surface area (Å²) in [4.78, 5) is 11.1. The van der Waals surface area contributed by atoms with E-state index in [9.17, 15) is 31.1 Å². The van der Waals surface area contributed by atoms with Gasteiger partial charge in [-0.15, -0.1) is 0 Å². The quantitative estimate of drug-likeness (QED) is 0.356. The Hall–Kier alpha value is -1.90. The van der Waals surface area contributed by atoms with Crippen LogP contribution in [-0.2, 0) is 9.53 Å². The van der Waals surface area contributed by atoms with Crippen LogP contribution in [-0.4, -0.2) is 30.3 Å². The third-order valence-corrected chi connectivity index (χ3v) is 2.84. The van der Waals surface area contributed by atoms with Crippen LogP contribution in [0.2, 0.25) is 0 Å². The van der Waals surface area contributed by atoms with Crippen molar-refractivity contribution in [2.45, 2.75) is 17.2 Å². The zero-order valence-electron chi connectivity index (χ0n) is 11.4. The van der Waals surface area contributed by atoms with Crippen molar-refractivity contribution in [2.75, 3.05) is 12.4 Å². The Labute approximate surface area is 131 Å². The van der Waals surface area contributed by atoms with Crippen LogP contribution < -0.4 is 5.32 Å². The molecule has 0 saturated carbocycles. The summed E-state index contributed by atoms with van der Waals surface area (Å²) in [6.07, 6.45) is -0.0520. The summed E-state index contributed by atoms with van der Waals surface area (Å²) in [5.74, 6) is -12.9. The van der Waals surface area contributed by atoms with Crippen molar-refractivity contribution in [2.24, 2.45) is 0 Å². The van der Waals surface area contributed by atoms with Gasteiger partial charge in [-0.1, -0.05) is 18.2 Å². The van der Waals surface area contributed by atoms with Crippen molar-refractivity contribution in [1.29, 1.82) is 0 Å². The highest BCUT2D eigenvalue weighted by molar-refractivity contribution is 6.22. The zero-order chi connectivity index (χ0) is 17.9. The molecule has 0 atom stereocenters. The standard InChI is InChI=1S/C13H10ClF6NO2/c1-23-10(22)7-9(21-8-5-3-2-4-6-8)11(15,16)12(17,18)13(14,19)20/h2-7,21H,1H3/b9-7-. The number of allylic oxidation sites excluding steroid dienone is 1. The molecular formula is C13H10ClF6NO2. The summed E-state index contributed by atoms with van der Waals surface area (Å²) >= 11 is 4.09. The molecule has 0 saturated heterocycles. The van der Waals surface area contributed by atoms with Gasteiger partial charge < -0.3 is 10.1 Å². The Kier molecular flexibility index (Phi) is 5.57. The number of esters is 1. The normalized spacial score (nSPS) is 13.7. The van der Waals surface area contributed by atoms with E-state index < -0.39 is 28.9 Å². The summed E-state index contributed by atoms with van der Waals surface area (Å²) in [6.45, 7) is 0. The molecule has 0 aliphatic heterocycles. The van der Waals surface area contributed by atoms with Crippen molar-refractivity contribution in [3.05, 3.63) is 42.1 Å². The molecule has 1 N–H and O–H groups in total. The average molecular weight is 362 g/mol. The molecule has 3 nitrogen and oxygen atoms in total. The molecule has 0 amide bonds. The van der Waals surface area contributed by atoms with E-state index in [0.717, 1.165) is 7.11 Å². The minimum Gasteiger partial charge on any atom is -0.466 e. The first-order valence-electron chi connectivity index (χ1n) is 5.88. The van der Waals surface area contributed by atoms with Gasteiger partial charge in [0.1, 0.15) is 0 Å². The maximum Gasteiger partial charge on any atom is 0.392 e. The lowest BCUT2D eigenvalue weighted by Gasteiger charge is -2.31. The summed E-state index contributed by atoms with van der Waals surface area (Å²) in [5.41, 5.74) is -1.93. The van der Waals surface area contributed by atoms with E-state index >= 15 is 0 Å². The van der Waals surface area contributed by atoms with Gasteiger partial charge >= 0.3 is 23.2 Å². The maximum atomic E-state index is 13.9. The van der Waals surface area contributed by atoms with E-state index in [2.05, 4.69) is 16.3 Å². The number of anilines is 1. The number of hydrogen-bond acceptors (Lipinski definition) is 3. The van der Waals surface area contributed by atoms with E-state index in [1.807, 2.05) is 0 Å². The number of nitrogens with one attached hydrogen (secondary N) is 1. The predicted octanol–water partition coefficient (Wildman–Crippen LogP) is 4.26. The smallest absolute Gasteiger partial charge is 0.392 e. The number of hydrogen-bond donors (Lipinski definition) is 1. The highest BCUT2D eigenvalue weighted by Crippen LogP contribution is 2.50. The van der Waals surface area contributed by atoms with E-state index in [1.54, 1.807) is 5.32 Å². The fourth-order valence-corrected chi connectivity index (χ4v) is 1.52. The molecule has 0 unspecified atom stereocenters. The van der Waals surface area contributed by atoms with Crippen LogP contribution >= 0.6 is 11.6 Å². The molecule has 23 heavy (non-hydrogen) atoms. The molecule has 0 aliphatic rings. The van der Waals surface area contributed by atoms with Crippen LogP contribution in [0.1, 0.15) is 0 Å². The van der Waals surface area contributed by atoms with Crippen LogP contribution in [0.5, 0.6) is 0 Å². The van der Waals surface area contributed by atoms with Gasteiger partial charge in [0.05, 0.1) is 12.8 Å². The average Bonchev–Trinajstić information content (AvgIpc) is 2.46. The minimum atomic E-state index is -5.97. The molecule has 0 fully saturated rings. The number of carbonyl (C=O) groups excluding carboxylic acids is 1. The lowest BCUT2D eigenvalue weighted by molar-refractivity contribution is -0.263. The second-order valence-corrected chi connectivity index (χ2v) is 4.69. The van der Waals surface area contributed by atoms with Gasteiger partial charge in [-0.2, -0.15) is 26.3 Å². The number of ether oxygens (including phenoxy) is 1. The van der Waals surface area contributed by atoms with Crippen molar-refractivity contribution >= 4 is 23.3 Å². The molecular weight excluding hydrogens is 352 g/mol. The van der Waals surface area contributed by atoms with Crippen molar-refractivity contribution in [3.63, 3.8) is 0 Å². The lowest BCUT2D eigenvalue weighted by Crippen LogP contribution is -2.53. The van der Waals surface area contributed by atoms with E-state index in [0.29, 0.717) is 0 Å². The molecule has 10 heteroatoms. The highest BCUT2D eigenvalue weighted by Gasteiger charge is 2.72. The minimum absolute atomic E-state index is 0.0520. The number of halogens is 7. The Morgan fingerprint density at radius 3 is 2.09 bits per heavy atom. The Balaban J connectivity index is 3.34. The topological polar surface area (TPSA) is 38.3 Å². The third-order valence-electron chi connectivity index (χ3n) is 2.60. The fraction of sp³-hybridized carbons (Fsp3) is 0.308. The molecule has 1 rings (SSSR count). The molecule has 0 spiro atoms. The molecule has 128 valence electrons. The van der Waals surface area contributed by atoms with Gasteiger partial charge in [-0.05, 0) is 23.7 Å². The predicted molar refractivity (Wildman–Crippen MR) is 70.9 cm³/mol. The molecule has 1 aromatic carbocycles. The summed E-state index contributed by atoms with van der Waals surface area (Å²) in [6, 6.07) is 6.61. The van der Waals surface area contributed by atoms with Crippen molar-refractivity contribution in [3.8, 4) is 0 Å². The van der Waals surface area contributed by atoms with Gasteiger partial charge in [-0.3, -0.25) is 0 Å². The first-order chi connectivity index (χ1) is 10.4. The van der Waals surface area contributed by atoms with Crippen LogP contribution in [0, 0.1) is 0 Å². The van der Waals surface area contributed by atoms with Crippen molar-refractivity contribution < 1.29 is 35.9 Å². The van der Waals surface area contributed by atoms with Crippen LogP contribution in [0.3, 0.4) is 0 Å². The van der Waals surface area contributed by atoms with Crippen LogP contribution in [0.15, 0.2) is 42.1 Å². The van der Waals surface area contributed by atoms with Gasteiger partial charge in [0, 0.05) is 11.8 Å². The van der Waals surface area contributed by atoms with E-state index in [-0.39, 0.29) is 11.8 Å². The first-order valence-corrected chi connectivity index (χ1v) is 6.26. The number of methoxy groups -OCH3 is 1. The lowest BCUT2D eigenvalue weighted by atomic mass is 10.1. The Bertz CT molecular complexity index is 586. The van der Waals surface area contributed by atoms with Crippen LogP contribution in [0.25, 0.3) is 0 Å². The fourth-order valence-electron chi connectivity index (χ4n) is 1.41. The molecule has 0 aliphatic carbocycles. The number of benzene rings is 1. The van der Waals surface area contributed by atoms with Gasteiger partial charge in [-0.25, -0.2) is 4.79 Å². The maximum absolute atomic E-state index is 13.9. The summed E-state index contributed by atoms with van der Waals surface area (Å²) < 4.78 is 83.9. The molecule has 1 aromatic rings. The van der Waals surface area contributed by atoms with Crippen molar-refractivity contribution in [1.82, 2.24) is 0 Å². The third kappa shape index (κ3) is 4.10. The summed E-state index contributed by atoms with van der Waals surface area (Å²) in [5, 5.41) is -3.75. The Morgan fingerprint density at radius 1 is 1.13 bits per heavy atom. The second kappa shape index (κ2) is 6.69. The van der Waals surface area contributed by atoms with E-state index in [4.69, 9.17) is 0 Å². The van der Waals surface area contributed by atoms with E-state index in [1.165, 1.54) is 30.3 Å². The molecule has 0 aromatic heterocycles. The number of rotatable bonds is 6. The molecule has 0 radical (unpaired) electrons. The number of carbonyl (C=O) groups is 1. The monoisotopic (exact) mass is 361 g/mol. The van der Waals surface area contributed by atoms with Crippen LogP contribution in [0.4, 0.5) is 32.0 Å². The van der Waals surface area contributed by atoms with Gasteiger partial charge in [0.2, 0.25) is 0 Å². The first kappa shape index (κ1) is 19.1. The number of alkyl halides is 7.